The van der Waals surface area contributed by atoms with E-state index in [1.165, 1.54) is 12.4 Å². The fourth-order valence-electron chi connectivity index (χ4n) is 4.89. The zero-order valence-corrected chi connectivity index (χ0v) is 22.1. The van der Waals surface area contributed by atoms with Gasteiger partial charge in [-0.3, -0.25) is 9.69 Å². The van der Waals surface area contributed by atoms with Crippen LogP contribution in [0, 0.1) is 5.82 Å². The van der Waals surface area contributed by atoms with Crippen molar-refractivity contribution in [1.82, 2.24) is 14.9 Å². The summed E-state index contributed by atoms with van der Waals surface area (Å²) in [5, 5.41) is 6.76. The van der Waals surface area contributed by atoms with E-state index in [9.17, 15) is 9.18 Å². The summed E-state index contributed by atoms with van der Waals surface area (Å²) in [5.41, 5.74) is 2.84. The van der Waals surface area contributed by atoms with Gasteiger partial charge in [0.15, 0.2) is 11.5 Å². The van der Waals surface area contributed by atoms with Crippen molar-refractivity contribution < 1.29 is 18.7 Å². The Morgan fingerprint density at radius 3 is 2.62 bits per heavy atom. The number of rotatable bonds is 8. The number of para-hydroxylation sites is 1. The Hall–Kier alpha value is -4.50. The molecule has 5 rings (SSSR count). The van der Waals surface area contributed by atoms with Gasteiger partial charge in [0.05, 0.1) is 30.8 Å². The summed E-state index contributed by atoms with van der Waals surface area (Å²) in [7, 11) is 5.19. The third-order valence-electron chi connectivity index (χ3n) is 6.91. The lowest BCUT2D eigenvalue weighted by Gasteiger charge is -2.18. The average molecular weight is 528 g/mol. The van der Waals surface area contributed by atoms with Crippen molar-refractivity contribution in [1.29, 1.82) is 0 Å². The number of ether oxygens (including phenoxy) is 2. The first-order valence-electron chi connectivity index (χ1n) is 12.7. The number of amides is 1. The summed E-state index contributed by atoms with van der Waals surface area (Å²) in [5.74, 6) is 0.819. The molecule has 1 aliphatic heterocycles. The smallest absolute Gasteiger partial charge is 0.248 e. The highest BCUT2D eigenvalue weighted by molar-refractivity contribution is 6.11. The molecule has 1 aromatic heterocycles. The van der Waals surface area contributed by atoms with Crippen molar-refractivity contribution in [3.63, 3.8) is 0 Å². The fraction of sp³-hybridized carbons (Fsp3) is 0.233. The Morgan fingerprint density at radius 1 is 1.05 bits per heavy atom. The standard InChI is InChI=1S/C30H30FN5O3/c1-36-16-6-7-20(36)11-15-27(37)34-24-13-12-23-29(28(24)19-10-14-25(38-2)26(17-19)39-3)30(33-18-32-23)35-22-9-5-4-8-21(22)31/h4-5,8-15,17-18,20H,6-7,16H2,1-3H3,(H,34,37)(H,32,33,35)/b15-11+. The maximum atomic E-state index is 14.6. The quantitative estimate of drug-likeness (QED) is 0.281. The minimum atomic E-state index is -0.414. The van der Waals surface area contributed by atoms with E-state index in [1.54, 1.807) is 50.6 Å². The van der Waals surface area contributed by atoms with E-state index in [0.29, 0.717) is 39.5 Å². The van der Waals surface area contributed by atoms with Crippen molar-refractivity contribution in [3.05, 3.63) is 78.9 Å². The molecule has 3 aromatic carbocycles. The Kier molecular flexibility index (Phi) is 7.69. The van der Waals surface area contributed by atoms with Crippen LogP contribution in [0.25, 0.3) is 22.0 Å². The first-order valence-corrected chi connectivity index (χ1v) is 12.7. The molecule has 2 N–H and O–H groups in total. The third-order valence-corrected chi connectivity index (χ3v) is 6.91. The molecule has 0 radical (unpaired) electrons. The van der Waals surface area contributed by atoms with Crippen LogP contribution in [0.15, 0.2) is 73.1 Å². The first kappa shape index (κ1) is 26.1. The van der Waals surface area contributed by atoms with E-state index in [-0.39, 0.29) is 17.6 Å². The summed E-state index contributed by atoms with van der Waals surface area (Å²) in [6, 6.07) is 15.7. The Labute approximate surface area is 226 Å². The molecule has 1 amide bonds. The molecule has 0 spiro atoms. The molecule has 39 heavy (non-hydrogen) atoms. The van der Waals surface area contributed by atoms with Crippen LogP contribution in [-0.2, 0) is 4.79 Å². The number of aromatic nitrogens is 2. The molecule has 1 fully saturated rings. The van der Waals surface area contributed by atoms with Gasteiger partial charge in [0.1, 0.15) is 18.0 Å². The van der Waals surface area contributed by atoms with Crippen LogP contribution in [-0.4, -0.2) is 54.6 Å². The number of likely N-dealkylation sites (N-methyl/N-ethyl adjacent to an activating group) is 1. The molecule has 8 nitrogen and oxygen atoms in total. The number of carbonyl (C=O) groups is 1. The molecule has 2 heterocycles. The van der Waals surface area contributed by atoms with Crippen LogP contribution in [0.3, 0.4) is 0 Å². The summed E-state index contributed by atoms with van der Waals surface area (Å²) in [6.07, 6.45) is 7.07. The Bertz CT molecular complexity index is 1540. The predicted molar refractivity (Wildman–Crippen MR) is 151 cm³/mol. The molecule has 4 aromatic rings. The highest BCUT2D eigenvalue weighted by Crippen LogP contribution is 2.42. The Balaban J connectivity index is 1.64. The zero-order chi connectivity index (χ0) is 27.4. The van der Waals surface area contributed by atoms with Gasteiger partial charge in [0.25, 0.3) is 0 Å². The average Bonchev–Trinajstić information content (AvgIpc) is 3.37. The number of anilines is 3. The maximum absolute atomic E-state index is 14.6. The topological polar surface area (TPSA) is 88.6 Å². The van der Waals surface area contributed by atoms with E-state index in [2.05, 4.69) is 32.5 Å². The van der Waals surface area contributed by atoms with Gasteiger partial charge in [0, 0.05) is 23.4 Å². The van der Waals surface area contributed by atoms with E-state index >= 15 is 0 Å². The summed E-state index contributed by atoms with van der Waals surface area (Å²) < 4.78 is 25.6. The molecular formula is C30H30FN5O3. The highest BCUT2D eigenvalue weighted by atomic mass is 19.1. The zero-order valence-electron chi connectivity index (χ0n) is 22.1. The number of fused-ring (bicyclic) bond motifs is 1. The lowest BCUT2D eigenvalue weighted by molar-refractivity contribution is -0.111. The van der Waals surface area contributed by atoms with Gasteiger partial charge in [-0.25, -0.2) is 14.4 Å². The molecule has 1 aliphatic rings. The molecule has 1 unspecified atom stereocenters. The second-order valence-electron chi connectivity index (χ2n) is 9.32. The van der Waals surface area contributed by atoms with Crippen molar-refractivity contribution >= 4 is 34.0 Å². The molecule has 0 saturated carbocycles. The maximum Gasteiger partial charge on any atom is 0.248 e. The monoisotopic (exact) mass is 527 g/mol. The Morgan fingerprint density at radius 2 is 1.87 bits per heavy atom. The predicted octanol–water partition coefficient (Wildman–Crippen LogP) is 5.79. The molecule has 0 aliphatic carbocycles. The summed E-state index contributed by atoms with van der Waals surface area (Å²) >= 11 is 0. The molecule has 200 valence electrons. The van der Waals surface area contributed by atoms with Crippen LogP contribution in [0.5, 0.6) is 11.5 Å². The van der Waals surface area contributed by atoms with Gasteiger partial charge in [0.2, 0.25) is 5.91 Å². The number of likely N-dealkylation sites (tertiary alicyclic amines) is 1. The first-order chi connectivity index (χ1) is 19.0. The molecule has 0 bridgehead atoms. The van der Waals surface area contributed by atoms with Gasteiger partial charge in [-0.05, 0) is 68.4 Å². The number of methoxy groups -OCH3 is 2. The number of carbonyl (C=O) groups excluding carboxylic acids is 1. The largest absolute Gasteiger partial charge is 0.493 e. The SMILES string of the molecule is COc1ccc(-c2c(NC(=O)/C=C/C3CCCN3C)ccc3ncnc(Nc4ccccc4F)c23)cc1OC. The third kappa shape index (κ3) is 5.53. The fourth-order valence-corrected chi connectivity index (χ4v) is 4.89. The number of nitrogens with zero attached hydrogens (tertiary/aromatic N) is 3. The molecular weight excluding hydrogens is 497 g/mol. The summed E-state index contributed by atoms with van der Waals surface area (Å²) in [6.45, 7) is 1.02. The lowest BCUT2D eigenvalue weighted by atomic mass is 9.97. The highest BCUT2D eigenvalue weighted by Gasteiger charge is 2.20. The van der Waals surface area contributed by atoms with Gasteiger partial charge < -0.3 is 20.1 Å². The molecule has 9 heteroatoms. The second kappa shape index (κ2) is 11.5. The van der Waals surface area contributed by atoms with Gasteiger partial charge >= 0.3 is 0 Å². The number of hydrogen-bond acceptors (Lipinski definition) is 7. The molecule has 1 atom stereocenters. The van der Waals surface area contributed by atoms with Crippen LogP contribution >= 0.6 is 0 Å². The van der Waals surface area contributed by atoms with Gasteiger partial charge in [-0.2, -0.15) is 0 Å². The van der Waals surface area contributed by atoms with Crippen LogP contribution in [0.2, 0.25) is 0 Å². The summed E-state index contributed by atoms with van der Waals surface area (Å²) in [4.78, 5) is 24.2. The minimum Gasteiger partial charge on any atom is -0.493 e. The number of hydrogen-bond donors (Lipinski definition) is 2. The van der Waals surface area contributed by atoms with Gasteiger partial charge in [-0.15, -0.1) is 0 Å². The van der Waals surface area contributed by atoms with Crippen LogP contribution < -0.4 is 20.1 Å². The lowest BCUT2D eigenvalue weighted by Crippen LogP contribution is -2.23. The van der Waals surface area contributed by atoms with Crippen LogP contribution in [0.1, 0.15) is 12.8 Å². The van der Waals surface area contributed by atoms with Crippen molar-refractivity contribution in [2.24, 2.45) is 0 Å². The van der Waals surface area contributed by atoms with Crippen LogP contribution in [0.4, 0.5) is 21.6 Å². The van der Waals surface area contributed by atoms with E-state index in [0.717, 1.165) is 24.9 Å². The van der Waals surface area contributed by atoms with Crippen molar-refractivity contribution in [3.8, 4) is 22.6 Å². The second-order valence-corrected chi connectivity index (χ2v) is 9.32. The number of halogens is 1. The van der Waals surface area contributed by atoms with E-state index in [4.69, 9.17) is 9.47 Å². The number of nitrogens with one attached hydrogen (secondary N) is 2. The molecule has 1 saturated heterocycles. The van der Waals surface area contributed by atoms with Gasteiger partial charge in [-0.1, -0.05) is 24.3 Å². The van der Waals surface area contributed by atoms with Crippen molar-refractivity contribution in [2.75, 3.05) is 38.4 Å². The van der Waals surface area contributed by atoms with Crippen molar-refractivity contribution in [2.45, 2.75) is 18.9 Å². The number of benzene rings is 3. The minimum absolute atomic E-state index is 0.239. The van der Waals surface area contributed by atoms with E-state index in [1.807, 2.05) is 24.3 Å². The van der Waals surface area contributed by atoms with E-state index < -0.39 is 5.82 Å². The normalized spacial score (nSPS) is 15.5.